The van der Waals surface area contributed by atoms with E-state index in [1.54, 1.807) is 0 Å². The van der Waals surface area contributed by atoms with Gasteiger partial charge in [-0.25, -0.2) is 0 Å². The second kappa shape index (κ2) is 12.4. The van der Waals surface area contributed by atoms with E-state index in [9.17, 15) is 0 Å². The fraction of sp³-hybridized carbons (Fsp3) is 1.00. The number of nitrogens with one attached hydrogen (secondary N) is 2. The third kappa shape index (κ3) is 6.03. The molecule has 0 rings (SSSR count). The minimum Gasteiger partial charge on any atom is -0.301 e. The average molecular weight is 373 g/mol. The van der Waals surface area contributed by atoms with Crippen molar-refractivity contribution in [2.24, 2.45) is 0 Å². The van der Waals surface area contributed by atoms with Crippen molar-refractivity contribution in [3.05, 3.63) is 0 Å². The van der Waals surface area contributed by atoms with Crippen molar-refractivity contribution in [3.8, 4) is 0 Å². The minimum absolute atomic E-state index is 0.565. The van der Waals surface area contributed by atoms with E-state index in [2.05, 4.69) is 88.3 Å². The molecule has 0 heterocycles. The monoisotopic (exact) mass is 372 g/mol. The molecule has 0 saturated heterocycles. The first-order valence-electron chi connectivity index (χ1n) is 10.9. The van der Waals surface area contributed by atoms with E-state index in [4.69, 9.17) is 0 Å². The Morgan fingerprint density at radius 1 is 0.560 bits per heavy atom. The van der Waals surface area contributed by atoms with Crippen molar-refractivity contribution in [2.45, 2.75) is 119 Å². The predicted molar refractivity (Wildman–Crippen MR) is 116 cm³/mol. The first-order chi connectivity index (χ1) is 11.8. The Labute approximate surface area is 160 Å². The molecule has 0 radical (unpaired) electrons. The summed E-state index contributed by atoms with van der Waals surface area (Å²) < 4.78 is 5.69. The molecule has 0 aromatic carbocycles. The predicted octanol–water partition coefficient (Wildman–Crippen LogP) is 4.44. The molecule has 0 aliphatic carbocycles. The Balaban J connectivity index is 6.42. The number of hydrogen-bond donors (Lipinski definition) is 2. The lowest BCUT2D eigenvalue weighted by molar-refractivity contribution is 0.154. The van der Waals surface area contributed by atoms with E-state index in [-0.39, 0.29) is 0 Å². The van der Waals surface area contributed by atoms with Gasteiger partial charge in [-0.3, -0.25) is 9.13 Å². The maximum Gasteiger partial charge on any atom is 0.372 e. The van der Waals surface area contributed by atoms with Crippen LogP contribution >= 0.6 is 0 Å². The fourth-order valence-corrected chi connectivity index (χ4v) is 9.38. The Hall–Kier alpha value is 0.0569. The Bertz CT molecular complexity index is 288. The highest BCUT2D eigenvalue weighted by Crippen LogP contribution is 2.26. The molecule has 0 bridgehead atoms. The van der Waals surface area contributed by atoms with Gasteiger partial charge in [-0.1, -0.05) is 69.2 Å². The lowest BCUT2D eigenvalue weighted by Gasteiger charge is -2.56. The van der Waals surface area contributed by atoms with Crippen LogP contribution in [-0.2, 0) is 0 Å². The summed E-state index contributed by atoms with van der Waals surface area (Å²) in [6.45, 7) is 25.5. The van der Waals surface area contributed by atoms with Crippen molar-refractivity contribution in [3.63, 3.8) is 0 Å². The van der Waals surface area contributed by atoms with Gasteiger partial charge in [0.2, 0.25) is 0 Å². The van der Waals surface area contributed by atoms with E-state index in [0.717, 1.165) is 13.1 Å². The standard InChI is InChI=1S/C20H48N4Si/c1-11-17(7)23(18(8)12-2)25(21-15-5,22-16-6)24(19(9)13-3)20(10)14-4/h17-22H,11-16H2,1-10H3. The quantitative estimate of drug-likeness (QED) is 0.441. The van der Waals surface area contributed by atoms with Crippen LogP contribution in [0, 0.1) is 0 Å². The summed E-state index contributed by atoms with van der Waals surface area (Å²) in [5.74, 6) is 0. The highest BCUT2D eigenvalue weighted by Gasteiger charge is 2.52. The largest absolute Gasteiger partial charge is 0.372 e. The number of rotatable bonds is 14. The smallest absolute Gasteiger partial charge is 0.301 e. The first-order valence-corrected chi connectivity index (χ1v) is 12.8. The summed E-state index contributed by atoms with van der Waals surface area (Å²) in [6.07, 6.45) is 4.74. The van der Waals surface area contributed by atoms with E-state index >= 15 is 0 Å². The summed E-state index contributed by atoms with van der Waals surface area (Å²) in [5, 5.41) is 0. The lowest BCUT2D eigenvalue weighted by atomic mass is 10.2. The zero-order chi connectivity index (χ0) is 19.6. The first kappa shape index (κ1) is 25.1. The van der Waals surface area contributed by atoms with Crippen LogP contribution in [0.1, 0.15) is 94.9 Å². The van der Waals surface area contributed by atoms with Gasteiger partial charge in [-0.15, -0.1) is 0 Å². The van der Waals surface area contributed by atoms with Crippen LogP contribution in [0.2, 0.25) is 0 Å². The number of nitrogens with zero attached hydrogens (tertiary/aromatic N) is 2. The molecular formula is C20H48N4Si. The summed E-state index contributed by atoms with van der Waals surface area (Å²) >= 11 is 0. The van der Waals surface area contributed by atoms with E-state index in [0.29, 0.717) is 24.2 Å². The fourth-order valence-electron chi connectivity index (χ4n) is 3.99. The normalized spacial score (nSPS) is 17.8. The molecule has 152 valence electrons. The third-order valence-electron chi connectivity index (χ3n) is 5.86. The highest BCUT2D eigenvalue weighted by molar-refractivity contribution is 6.69. The molecule has 5 heteroatoms. The van der Waals surface area contributed by atoms with Crippen LogP contribution in [0.25, 0.3) is 0 Å². The lowest BCUT2D eigenvalue weighted by Crippen LogP contribution is -2.86. The zero-order valence-electron chi connectivity index (χ0n) is 18.9. The van der Waals surface area contributed by atoms with Crippen LogP contribution in [0.5, 0.6) is 0 Å². The van der Waals surface area contributed by atoms with Crippen molar-refractivity contribution < 1.29 is 0 Å². The Morgan fingerprint density at radius 3 is 0.960 bits per heavy atom. The second-order valence-corrected chi connectivity index (χ2v) is 10.7. The molecule has 0 spiro atoms. The van der Waals surface area contributed by atoms with Gasteiger partial charge in [0.1, 0.15) is 0 Å². The molecule has 0 aromatic heterocycles. The summed E-state index contributed by atoms with van der Waals surface area (Å²) in [6, 6.07) is 2.26. The van der Waals surface area contributed by atoms with Crippen LogP contribution in [0.4, 0.5) is 0 Å². The van der Waals surface area contributed by atoms with Gasteiger partial charge in [-0.05, 0) is 38.8 Å². The van der Waals surface area contributed by atoms with Crippen molar-refractivity contribution >= 4 is 8.72 Å². The molecule has 4 nitrogen and oxygen atoms in total. The van der Waals surface area contributed by atoms with E-state index in [1.807, 2.05) is 0 Å². The van der Waals surface area contributed by atoms with Gasteiger partial charge < -0.3 is 9.96 Å². The molecule has 0 aromatic rings. The van der Waals surface area contributed by atoms with Gasteiger partial charge >= 0.3 is 8.72 Å². The molecule has 4 unspecified atom stereocenters. The molecule has 2 N–H and O–H groups in total. The SMILES string of the molecule is CCN[Si](NCC)(N(C(C)CC)C(C)CC)N(C(C)CC)C(C)CC. The minimum atomic E-state index is -2.22. The molecule has 0 aliphatic heterocycles. The molecular weight excluding hydrogens is 324 g/mol. The molecule has 0 amide bonds. The van der Waals surface area contributed by atoms with Crippen LogP contribution in [0.3, 0.4) is 0 Å². The summed E-state index contributed by atoms with van der Waals surface area (Å²) in [7, 11) is -2.22. The van der Waals surface area contributed by atoms with Gasteiger partial charge in [0.15, 0.2) is 0 Å². The van der Waals surface area contributed by atoms with Crippen LogP contribution in [0.15, 0.2) is 0 Å². The average Bonchev–Trinajstić information content (AvgIpc) is 2.61. The molecule has 25 heavy (non-hydrogen) atoms. The van der Waals surface area contributed by atoms with E-state index < -0.39 is 8.72 Å². The van der Waals surface area contributed by atoms with E-state index in [1.165, 1.54) is 25.7 Å². The second-order valence-electron chi connectivity index (χ2n) is 7.58. The Morgan fingerprint density at radius 2 is 0.800 bits per heavy atom. The maximum absolute atomic E-state index is 4.04. The number of hydrogen-bond acceptors (Lipinski definition) is 4. The molecule has 0 aliphatic rings. The topological polar surface area (TPSA) is 30.5 Å². The van der Waals surface area contributed by atoms with Gasteiger partial charge in [-0.2, -0.15) is 0 Å². The van der Waals surface area contributed by atoms with Crippen molar-refractivity contribution in [1.29, 1.82) is 0 Å². The Kier molecular flexibility index (Phi) is 12.5. The van der Waals surface area contributed by atoms with Gasteiger partial charge in [0.25, 0.3) is 0 Å². The third-order valence-corrected chi connectivity index (χ3v) is 10.8. The summed E-state index contributed by atoms with van der Waals surface area (Å²) in [4.78, 5) is 8.08. The van der Waals surface area contributed by atoms with Crippen molar-refractivity contribution in [2.75, 3.05) is 13.1 Å². The zero-order valence-corrected chi connectivity index (χ0v) is 19.9. The molecule has 4 atom stereocenters. The molecule has 0 fully saturated rings. The summed E-state index contributed by atoms with van der Waals surface area (Å²) in [5.41, 5.74) is 0. The van der Waals surface area contributed by atoms with Gasteiger partial charge in [0, 0.05) is 24.2 Å². The van der Waals surface area contributed by atoms with Crippen LogP contribution in [-0.4, -0.2) is 55.1 Å². The van der Waals surface area contributed by atoms with Crippen molar-refractivity contribution in [1.82, 2.24) is 19.1 Å². The molecule has 0 saturated carbocycles. The van der Waals surface area contributed by atoms with Crippen LogP contribution < -0.4 is 9.96 Å². The maximum atomic E-state index is 4.04. The van der Waals surface area contributed by atoms with Gasteiger partial charge in [0.05, 0.1) is 0 Å². The highest BCUT2D eigenvalue weighted by atomic mass is 28.4.